The van der Waals surface area contributed by atoms with Crippen molar-refractivity contribution in [3.05, 3.63) is 0 Å². The quantitative estimate of drug-likeness (QED) is 0.675. The summed E-state index contributed by atoms with van der Waals surface area (Å²) in [7, 11) is 1.51. The van der Waals surface area contributed by atoms with Gasteiger partial charge in [0.05, 0.1) is 31.0 Å². The lowest BCUT2D eigenvalue weighted by atomic mass is 10.2. The minimum Gasteiger partial charge on any atom is -0.394 e. The molecule has 0 aromatic carbocycles. The zero-order chi connectivity index (χ0) is 17.1. The molecule has 21 heavy (non-hydrogen) atoms. The van der Waals surface area contributed by atoms with Gasteiger partial charge in [0, 0.05) is 13.5 Å². The Bertz CT molecular complexity index is 235. The molecule has 5 heteroatoms. The van der Waals surface area contributed by atoms with Crippen LogP contribution < -0.4 is 0 Å². The summed E-state index contributed by atoms with van der Waals surface area (Å²) in [5, 5.41) is 17.8. The third kappa shape index (κ3) is 17.7. The fourth-order valence-corrected chi connectivity index (χ4v) is 1.56. The minimum atomic E-state index is -0.908. The Balaban J connectivity index is 0. The molecule has 0 aliphatic heterocycles. The molecule has 0 saturated carbocycles. The summed E-state index contributed by atoms with van der Waals surface area (Å²) in [6.07, 6.45) is 1.60. The first-order chi connectivity index (χ1) is 9.47. The van der Waals surface area contributed by atoms with Gasteiger partial charge in [-0.05, 0) is 41.5 Å². The Kier molecular flexibility index (Phi) is 12.5. The van der Waals surface area contributed by atoms with Crippen LogP contribution in [0.1, 0.15) is 61.3 Å². The van der Waals surface area contributed by atoms with Crippen LogP contribution in [0.15, 0.2) is 0 Å². The fraction of sp³-hybridized carbons (Fsp3) is 1.00. The highest BCUT2D eigenvalue weighted by Gasteiger charge is 2.16. The molecule has 3 atom stereocenters. The van der Waals surface area contributed by atoms with Crippen molar-refractivity contribution >= 4 is 0 Å². The highest BCUT2D eigenvalue weighted by molar-refractivity contribution is 4.63. The predicted octanol–water partition coefficient (Wildman–Crippen LogP) is 2.73. The van der Waals surface area contributed by atoms with Crippen molar-refractivity contribution in [2.75, 3.05) is 20.3 Å². The van der Waals surface area contributed by atoms with Crippen LogP contribution in [-0.2, 0) is 14.2 Å². The molecule has 0 aromatic rings. The number of ether oxygens (including phenoxy) is 3. The average molecular weight is 308 g/mol. The van der Waals surface area contributed by atoms with Gasteiger partial charge in [0.2, 0.25) is 0 Å². The molecule has 0 rings (SSSR count). The molecule has 0 spiro atoms. The van der Waals surface area contributed by atoms with Crippen molar-refractivity contribution in [1.29, 1.82) is 0 Å². The fourth-order valence-electron chi connectivity index (χ4n) is 1.56. The second kappa shape index (κ2) is 11.4. The molecule has 0 fully saturated rings. The van der Waals surface area contributed by atoms with E-state index in [1.807, 2.05) is 41.5 Å². The van der Waals surface area contributed by atoms with Gasteiger partial charge in [0.25, 0.3) is 0 Å². The van der Waals surface area contributed by atoms with Gasteiger partial charge in [-0.25, -0.2) is 0 Å². The van der Waals surface area contributed by atoms with Crippen LogP contribution in [0.2, 0.25) is 0 Å². The molecule has 2 N–H and O–H groups in total. The number of hydrogen-bond donors (Lipinski definition) is 2. The molecular formula is C16H36O5. The molecule has 0 aliphatic rings. The van der Waals surface area contributed by atoms with Gasteiger partial charge in [0.15, 0.2) is 5.79 Å². The first-order valence-electron chi connectivity index (χ1n) is 7.65. The maximum atomic E-state index is 9.10. The van der Waals surface area contributed by atoms with Crippen molar-refractivity contribution < 1.29 is 24.4 Å². The van der Waals surface area contributed by atoms with Crippen LogP contribution in [0.5, 0.6) is 0 Å². The van der Waals surface area contributed by atoms with Crippen molar-refractivity contribution in [3.8, 4) is 0 Å². The van der Waals surface area contributed by atoms with E-state index in [1.165, 1.54) is 7.11 Å². The summed E-state index contributed by atoms with van der Waals surface area (Å²) in [6.45, 7) is 14.1. The third-order valence-corrected chi connectivity index (χ3v) is 2.58. The Morgan fingerprint density at radius 1 is 1.05 bits per heavy atom. The second-order valence-corrected chi connectivity index (χ2v) is 6.50. The first-order valence-corrected chi connectivity index (χ1v) is 7.65. The zero-order valence-corrected chi connectivity index (χ0v) is 15.1. The smallest absolute Gasteiger partial charge is 0.162 e. The molecule has 0 heterocycles. The van der Waals surface area contributed by atoms with Gasteiger partial charge in [-0.3, -0.25) is 0 Å². The number of aliphatic hydroxyl groups excluding tert-OH is 1. The summed E-state index contributed by atoms with van der Waals surface area (Å²) >= 11 is 0. The Hall–Kier alpha value is -0.200. The van der Waals surface area contributed by atoms with E-state index in [0.717, 1.165) is 6.42 Å². The molecule has 3 unspecified atom stereocenters. The van der Waals surface area contributed by atoms with Gasteiger partial charge >= 0.3 is 0 Å². The van der Waals surface area contributed by atoms with Gasteiger partial charge in [0.1, 0.15) is 0 Å². The average Bonchev–Trinajstić information content (AvgIpc) is 2.34. The van der Waals surface area contributed by atoms with Crippen LogP contribution in [0, 0.1) is 0 Å². The zero-order valence-electron chi connectivity index (χ0n) is 15.1. The van der Waals surface area contributed by atoms with Crippen molar-refractivity contribution in [3.63, 3.8) is 0 Å². The number of methoxy groups -OCH3 is 1. The Morgan fingerprint density at radius 2 is 1.57 bits per heavy atom. The van der Waals surface area contributed by atoms with Crippen LogP contribution in [0.25, 0.3) is 0 Å². The van der Waals surface area contributed by atoms with E-state index >= 15 is 0 Å². The monoisotopic (exact) mass is 308 g/mol. The Morgan fingerprint density at radius 3 is 1.86 bits per heavy atom. The number of rotatable bonds is 8. The largest absolute Gasteiger partial charge is 0.394 e. The lowest BCUT2D eigenvalue weighted by molar-refractivity contribution is -0.174. The van der Waals surface area contributed by atoms with E-state index in [9.17, 15) is 0 Å². The lowest BCUT2D eigenvalue weighted by Gasteiger charge is -2.25. The summed E-state index contributed by atoms with van der Waals surface area (Å²) < 4.78 is 15.7. The molecule has 5 nitrogen and oxygen atoms in total. The molecule has 0 saturated heterocycles. The van der Waals surface area contributed by atoms with Crippen LogP contribution >= 0.6 is 0 Å². The van der Waals surface area contributed by atoms with E-state index in [0.29, 0.717) is 13.0 Å². The van der Waals surface area contributed by atoms with Crippen LogP contribution in [-0.4, -0.2) is 54.1 Å². The molecule has 0 aromatic heterocycles. The summed E-state index contributed by atoms with van der Waals surface area (Å²) in [5.74, 6) is -0.908. The van der Waals surface area contributed by atoms with Crippen molar-refractivity contribution in [2.24, 2.45) is 0 Å². The molecule has 0 radical (unpaired) electrons. The predicted molar refractivity (Wildman–Crippen MR) is 85.3 cm³/mol. The molecular weight excluding hydrogens is 272 g/mol. The summed E-state index contributed by atoms with van der Waals surface area (Å²) in [6, 6.07) is 0. The first kappa shape index (κ1) is 23.1. The van der Waals surface area contributed by atoms with E-state index in [-0.39, 0.29) is 24.4 Å². The van der Waals surface area contributed by atoms with Gasteiger partial charge in [-0.15, -0.1) is 0 Å². The molecule has 0 bridgehead atoms. The van der Waals surface area contributed by atoms with Crippen molar-refractivity contribution in [1.82, 2.24) is 0 Å². The maximum absolute atomic E-state index is 9.10. The summed E-state index contributed by atoms with van der Waals surface area (Å²) in [4.78, 5) is 0. The van der Waals surface area contributed by atoms with E-state index in [2.05, 4.69) is 0 Å². The molecule has 0 amide bonds. The second-order valence-electron chi connectivity index (χ2n) is 6.50. The van der Waals surface area contributed by atoms with Crippen LogP contribution in [0.4, 0.5) is 0 Å². The number of aliphatic hydroxyl groups is 2. The molecule has 0 aliphatic carbocycles. The highest BCUT2D eigenvalue weighted by Crippen LogP contribution is 2.11. The van der Waals surface area contributed by atoms with Crippen LogP contribution in [0.3, 0.4) is 0 Å². The van der Waals surface area contributed by atoms with Gasteiger partial charge in [-0.2, -0.15) is 0 Å². The Labute approximate surface area is 130 Å². The SMILES string of the molecule is CC(CO)OCC(C)OC(C)(C)C.CCCC(C)(O)OC. The maximum Gasteiger partial charge on any atom is 0.162 e. The third-order valence-electron chi connectivity index (χ3n) is 2.58. The number of hydrogen-bond acceptors (Lipinski definition) is 5. The topological polar surface area (TPSA) is 68.2 Å². The van der Waals surface area contributed by atoms with E-state index in [4.69, 9.17) is 24.4 Å². The highest BCUT2D eigenvalue weighted by atomic mass is 16.6. The van der Waals surface area contributed by atoms with E-state index < -0.39 is 5.79 Å². The standard InChI is InChI=1S/C10H22O3.C6H14O2/c1-8(6-11)12-7-9(2)13-10(3,4)5;1-4-5-6(2,7)8-3/h8-9,11H,6-7H2,1-5H3;7H,4-5H2,1-3H3. The minimum absolute atomic E-state index is 0.0578. The lowest BCUT2D eigenvalue weighted by Crippen LogP contribution is -2.30. The van der Waals surface area contributed by atoms with Gasteiger partial charge in [-0.1, -0.05) is 13.3 Å². The normalized spacial score (nSPS) is 17.4. The summed E-state index contributed by atoms with van der Waals surface area (Å²) in [5.41, 5.74) is -0.134. The molecule has 130 valence electrons. The van der Waals surface area contributed by atoms with E-state index in [1.54, 1.807) is 6.92 Å². The van der Waals surface area contributed by atoms with Gasteiger partial charge < -0.3 is 24.4 Å². The van der Waals surface area contributed by atoms with Crippen molar-refractivity contribution in [2.45, 2.75) is 84.9 Å².